The molecule has 4 N–H and O–H groups in total. The average Bonchev–Trinajstić information content (AvgIpc) is 1.69. The largest absolute Gasteiger partial charge is 0.481 e. The Bertz CT molecular complexity index is 79.4. The Balaban J connectivity index is 3.52. The Kier molecular flexibility index (Phi) is 3.14. The summed E-state index contributed by atoms with van der Waals surface area (Å²) in [6.07, 6.45) is 0. The van der Waals surface area contributed by atoms with Crippen molar-refractivity contribution in [3.63, 3.8) is 0 Å². The van der Waals surface area contributed by atoms with Crippen molar-refractivity contribution in [2.45, 2.75) is 0 Å². The molecule has 0 saturated heterocycles. The molecule has 0 aromatic heterocycles. The summed E-state index contributed by atoms with van der Waals surface area (Å²) in [7, 11) is 0. The highest BCUT2D eigenvalue weighted by atomic mass is 16.4. The van der Waals surface area contributed by atoms with Gasteiger partial charge in [0.1, 0.15) is 0 Å². The Morgan fingerprint density at radius 1 is 1.75 bits per heavy atom. The van der Waals surface area contributed by atoms with Crippen molar-refractivity contribution in [1.29, 1.82) is 0 Å². The summed E-state index contributed by atoms with van der Waals surface area (Å²) in [6, 6.07) is 0. The monoisotopic (exact) mass is 119 g/mol. The maximum atomic E-state index is 9.92. The number of rotatable bonds is 3. The third-order valence-corrected chi connectivity index (χ3v) is 0.854. The molecule has 0 aromatic rings. The molecule has 0 aliphatic heterocycles. The van der Waals surface area contributed by atoms with Crippen molar-refractivity contribution >= 4 is 5.97 Å². The number of aliphatic hydroxyl groups excluding tert-OH is 1. The maximum absolute atomic E-state index is 9.92. The molecule has 0 radical (unpaired) electrons. The predicted molar refractivity (Wildman–Crippen MR) is 27.3 cm³/mol. The molecule has 0 aromatic carbocycles. The summed E-state index contributed by atoms with van der Waals surface area (Å²) >= 11 is 0. The van der Waals surface area contributed by atoms with E-state index in [4.69, 9.17) is 15.9 Å². The van der Waals surface area contributed by atoms with Crippen molar-refractivity contribution in [3.8, 4) is 0 Å². The van der Waals surface area contributed by atoms with Crippen LogP contribution in [0.2, 0.25) is 0 Å². The standard InChI is InChI=1S/C4H9NO3/c5-1-3(2-6)4(7)8/h3,6H,1-2,5H2,(H,7,8)/t3-/m1/s1. The van der Waals surface area contributed by atoms with E-state index in [9.17, 15) is 4.79 Å². The third-order valence-electron chi connectivity index (χ3n) is 0.854. The second kappa shape index (κ2) is 3.40. The van der Waals surface area contributed by atoms with E-state index in [1.807, 2.05) is 0 Å². The molecule has 4 nitrogen and oxygen atoms in total. The molecule has 0 aliphatic carbocycles. The molecule has 0 amide bonds. The van der Waals surface area contributed by atoms with Crippen LogP contribution < -0.4 is 5.73 Å². The Morgan fingerprint density at radius 2 is 2.25 bits per heavy atom. The first-order valence-electron chi connectivity index (χ1n) is 2.26. The highest BCUT2D eigenvalue weighted by Crippen LogP contribution is 1.88. The number of hydrogen-bond acceptors (Lipinski definition) is 3. The lowest BCUT2D eigenvalue weighted by atomic mass is 10.2. The zero-order valence-electron chi connectivity index (χ0n) is 4.37. The fraction of sp³-hybridized carbons (Fsp3) is 0.750. The minimum atomic E-state index is -1.05. The Hall–Kier alpha value is -0.610. The van der Waals surface area contributed by atoms with Gasteiger partial charge in [-0.2, -0.15) is 0 Å². The lowest BCUT2D eigenvalue weighted by Crippen LogP contribution is -2.26. The van der Waals surface area contributed by atoms with Crippen LogP contribution >= 0.6 is 0 Å². The van der Waals surface area contributed by atoms with Gasteiger partial charge in [0, 0.05) is 6.54 Å². The molecular weight excluding hydrogens is 110 g/mol. The number of nitrogens with two attached hydrogens (primary N) is 1. The molecule has 0 unspecified atom stereocenters. The number of aliphatic carboxylic acids is 1. The van der Waals surface area contributed by atoms with Gasteiger partial charge in [0.2, 0.25) is 0 Å². The molecule has 0 saturated carbocycles. The maximum Gasteiger partial charge on any atom is 0.310 e. The highest BCUT2D eigenvalue weighted by Gasteiger charge is 2.12. The molecule has 48 valence electrons. The van der Waals surface area contributed by atoms with Crippen LogP contribution in [0.25, 0.3) is 0 Å². The van der Waals surface area contributed by atoms with Crippen LogP contribution in [0.15, 0.2) is 0 Å². The van der Waals surface area contributed by atoms with Gasteiger partial charge in [0.15, 0.2) is 0 Å². The molecule has 0 fully saturated rings. The van der Waals surface area contributed by atoms with Crippen LogP contribution in [-0.4, -0.2) is 29.3 Å². The van der Waals surface area contributed by atoms with Crippen LogP contribution in [0.4, 0.5) is 0 Å². The van der Waals surface area contributed by atoms with E-state index in [1.165, 1.54) is 0 Å². The number of carbonyl (C=O) groups is 1. The first-order chi connectivity index (χ1) is 3.72. The summed E-state index contributed by atoms with van der Waals surface area (Å²) < 4.78 is 0. The van der Waals surface area contributed by atoms with Crippen molar-refractivity contribution in [1.82, 2.24) is 0 Å². The molecular formula is C4H9NO3. The van der Waals surface area contributed by atoms with Gasteiger partial charge in [0.25, 0.3) is 0 Å². The lowest BCUT2D eigenvalue weighted by molar-refractivity contribution is -0.142. The van der Waals surface area contributed by atoms with Crippen LogP contribution in [0, 0.1) is 5.92 Å². The summed E-state index contributed by atoms with van der Waals surface area (Å²) in [4.78, 5) is 9.92. The third kappa shape index (κ3) is 1.90. The summed E-state index contributed by atoms with van der Waals surface area (Å²) in [5.74, 6) is -1.84. The molecule has 0 spiro atoms. The SMILES string of the molecule is NC[C@H](CO)C(=O)O. The minimum absolute atomic E-state index is 0.00810. The van der Waals surface area contributed by atoms with Gasteiger partial charge in [-0.25, -0.2) is 0 Å². The van der Waals surface area contributed by atoms with E-state index >= 15 is 0 Å². The quantitative estimate of drug-likeness (QED) is 0.428. The molecule has 0 heterocycles. The van der Waals surface area contributed by atoms with E-state index < -0.39 is 11.9 Å². The van der Waals surface area contributed by atoms with Crippen LogP contribution in [0.5, 0.6) is 0 Å². The highest BCUT2D eigenvalue weighted by molar-refractivity contribution is 5.70. The van der Waals surface area contributed by atoms with Gasteiger partial charge in [-0.05, 0) is 0 Å². The average molecular weight is 119 g/mol. The zero-order chi connectivity index (χ0) is 6.57. The van der Waals surface area contributed by atoms with Gasteiger partial charge in [0.05, 0.1) is 12.5 Å². The Labute approximate surface area is 46.9 Å². The fourth-order valence-electron chi connectivity index (χ4n) is 0.253. The molecule has 1 atom stereocenters. The van der Waals surface area contributed by atoms with Crippen molar-refractivity contribution in [3.05, 3.63) is 0 Å². The zero-order valence-corrected chi connectivity index (χ0v) is 4.37. The summed E-state index contributed by atoms with van der Waals surface area (Å²) in [5.41, 5.74) is 4.94. The van der Waals surface area contributed by atoms with Gasteiger partial charge < -0.3 is 15.9 Å². The van der Waals surface area contributed by atoms with E-state index in [2.05, 4.69) is 0 Å². The second-order valence-electron chi connectivity index (χ2n) is 1.45. The first-order valence-corrected chi connectivity index (χ1v) is 2.26. The molecule has 4 heteroatoms. The smallest absolute Gasteiger partial charge is 0.310 e. The van der Waals surface area contributed by atoms with E-state index in [0.29, 0.717) is 0 Å². The fourth-order valence-corrected chi connectivity index (χ4v) is 0.253. The number of hydrogen-bond donors (Lipinski definition) is 3. The summed E-state index contributed by atoms with van der Waals surface area (Å²) in [5, 5.41) is 16.4. The van der Waals surface area contributed by atoms with Crippen molar-refractivity contribution in [2.24, 2.45) is 11.7 Å². The van der Waals surface area contributed by atoms with Crippen molar-refractivity contribution in [2.75, 3.05) is 13.2 Å². The van der Waals surface area contributed by atoms with Gasteiger partial charge in [-0.3, -0.25) is 4.79 Å². The Morgan fingerprint density at radius 3 is 2.25 bits per heavy atom. The number of carboxylic acid groups (broad SMARTS) is 1. The lowest BCUT2D eigenvalue weighted by Gasteiger charge is -2.01. The van der Waals surface area contributed by atoms with Crippen LogP contribution in [0.3, 0.4) is 0 Å². The van der Waals surface area contributed by atoms with Gasteiger partial charge in [-0.1, -0.05) is 0 Å². The predicted octanol–water partition coefficient (Wildman–Crippen LogP) is -1.36. The van der Waals surface area contributed by atoms with Crippen molar-refractivity contribution < 1.29 is 15.0 Å². The summed E-state index contributed by atoms with van der Waals surface area (Å²) in [6.45, 7) is -0.391. The molecule has 0 aliphatic rings. The van der Waals surface area contributed by atoms with E-state index in [0.717, 1.165) is 0 Å². The molecule has 8 heavy (non-hydrogen) atoms. The molecule has 0 rings (SSSR count). The van der Waals surface area contributed by atoms with Crippen LogP contribution in [0.1, 0.15) is 0 Å². The van der Waals surface area contributed by atoms with Gasteiger partial charge in [-0.15, -0.1) is 0 Å². The van der Waals surface area contributed by atoms with Crippen LogP contribution in [-0.2, 0) is 4.79 Å². The molecule has 0 bridgehead atoms. The van der Waals surface area contributed by atoms with Gasteiger partial charge >= 0.3 is 5.97 Å². The number of aliphatic hydroxyl groups is 1. The van der Waals surface area contributed by atoms with E-state index in [1.54, 1.807) is 0 Å². The normalized spacial score (nSPS) is 13.2. The first kappa shape index (κ1) is 7.39. The number of carboxylic acids is 1. The minimum Gasteiger partial charge on any atom is -0.481 e. The topological polar surface area (TPSA) is 83.5 Å². The van der Waals surface area contributed by atoms with E-state index in [-0.39, 0.29) is 13.2 Å². The second-order valence-corrected chi connectivity index (χ2v) is 1.45.